The summed E-state index contributed by atoms with van der Waals surface area (Å²) >= 11 is 6.04. The largest absolute Gasteiger partial charge is 0.497 e. The van der Waals surface area contributed by atoms with Crippen molar-refractivity contribution in [3.8, 4) is 17.2 Å². The highest BCUT2D eigenvalue weighted by Gasteiger charge is 2.37. The van der Waals surface area contributed by atoms with Crippen LogP contribution in [0.5, 0.6) is 17.2 Å². The molecule has 0 aliphatic carbocycles. The van der Waals surface area contributed by atoms with E-state index in [0.717, 1.165) is 17.7 Å². The fraction of sp³-hybridized carbons (Fsp3) is 0.208. The molecule has 1 aliphatic rings. The van der Waals surface area contributed by atoms with Gasteiger partial charge in [0, 0.05) is 34.8 Å². The van der Waals surface area contributed by atoms with Crippen molar-refractivity contribution in [2.45, 2.75) is 12.6 Å². The van der Waals surface area contributed by atoms with Gasteiger partial charge in [-0.15, -0.1) is 0 Å². The zero-order valence-corrected chi connectivity index (χ0v) is 18.2. The number of amides is 1. The lowest BCUT2D eigenvalue weighted by Crippen LogP contribution is -2.34. The Hall–Kier alpha value is -3.32. The van der Waals surface area contributed by atoms with Crippen LogP contribution in [0.3, 0.4) is 0 Å². The number of benzene rings is 3. The fourth-order valence-electron chi connectivity index (χ4n) is 3.72. The molecule has 1 unspecified atom stereocenters. The van der Waals surface area contributed by atoms with Crippen molar-refractivity contribution >= 4 is 17.5 Å². The smallest absolute Gasteiger partial charge is 0.255 e. The molecule has 8 heteroatoms. The quantitative estimate of drug-likeness (QED) is 0.474. The Morgan fingerprint density at radius 3 is 2.19 bits per heavy atom. The predicted octanol–water partition coefficient (Wildman–Crippen LogP) is 5.41. The van der Waals surface area contributed by atoms with Gasteiger partial charge in [-0.05, 0) is 42.0 Å². The van der Waals surface area contributed by atoms with Crippen LogP contribution < -0.4 is 14.2 Å². The third kappa shape index (κ3) is 4.21. The van der Waals surface area contributed by atoms with Crippen molar-refractivity contribution in [2.75, 3.05) is 20.8 Å². The third-order valence-electron chi connectivity index (χ3n) is 5.37. The van der Waals surface area contributed by atoms with Crippen LogP contribution in [0.15, 0.2) is 54.6 Å². The van der Waals surface area contributed by atoms with Gasteiger partial charge < -0.3 is 19.1 Å². The van der Waals surface area contributed by atoms with Gasteiger partial charge in [0.25, 0.3) is 5.91 Å². The van der Waals surface area contributed by atoms with Gasteiger partial charge in [0.15, 0.2) is 0 Å². The van der Waals surface area contributed by atoms with E-state index in [4.69, 9.17) is 25.8 Å². The monoisotopic (exact) mass is 459 g/mol. The molecule has 0 N–H and O–H groups in total. The molecular weight excluding hydrogens is 440 g/mol. The van der Waals surface area contributed by atoms with Crippen LogP contribution in [0.4, 0.5) is 8.78 Å². The molecule has 166 valence electrons. The molecular formula is C24H20ClF2NO4. The van der Waals surface area contributed by atoms with Gasteiger partial charge in [-0.2, -0.15) is 0 Å². The van der Waals surface area contributed by atoms with Crippen LogP contribution in [0.25, 0.3) is 0 Å². The van der Waals surface area contributed by atoms with Crippen molar-refractivity contribution in [1.82, 2.24) is 4.90 Å². The molecule has 1 atom stereocenters. The molecule has 5 nitrogen and oxygen atoms in total. The molecule has 4 rings (SSSR count). The number of carbonyl (C=O) groups is 1. The number of hydrogen-bond acceptors (Lipinski definition) is 4. The van der Waals surface area contributed by atoms with Gasteiger partial charge in [-0.3, -0.25) is 4.79 Å². The van der Waals surface area contributed by atoms with Crippen LogP contribution >= 0.6 is 11.6 Å². The van der Waals surface area contributed by atoms with Crippen molar-refractivity contribution < 1.29 is 27.8 Å². The first-order chi connectivity index (χ1) is 15.4. The average molecular weight is 460 g/mol. The molecule has 1 amide bonds. The third-order valence-corrected chi connectivity index (χ3v) is 5.60. The molecule has 0 fully saturated rings. The summed E-state index contributed by atoms with van der Waals surface area (Å²) in [7, 11) is 2.87. The van der Waals surface area contributed by atoms with Crippen molar-refractivity contribution in [3.63, 3.8) is 0 Å². The molecule has 0 bridgehead atoms. The highest BCUT2D eigenvalue weighted by atomic mass is 35.5. The number of nitrogens with zero attached hydrogens (tertiary/aromatic N) is 1. The first-order valence-corrected chi connectivity index (χ1v) is 10.2. The molecule has 1 heterocycles. The number of hydrogen-bond donors (Lipinski definition) is 0. The van der Waals surface area contributed by atoms with E-state index < -0.39 is 17.7 Å². The van der Waals surface area contributed by atoms with E-state index in [1.165, 1.54) is 12.0 Å². The summed E-state index contributed by atoms with van der Waals surface area (Å²) in [4.78, 5) is 14.5. The van der Waals surface area contributed by atoms with Crippen LogP contribution in [0, 0.1) is 11.6 Å². The van der Waals surface area contributed by atoms with Crippen molar-refractivity contribution in [3.05, 3.63) is 87.9 Å². The van der Waals surface area contributed by atoms with E-state index >= 15 is 0 Å². The topological polar surface area (TPSA) is 48.0 Å². The summed E-state index contributed by atoms with van der Waals surface area (Å²) in [6.45, 7) is 0.00679. The zero-order valence-electron chi connectivity index (χ0n) is 17.4. The lowest BCUT2D eigenvalue weighted by molar-refractivity contribution is 0.0625. The second kappa shape index (κ2) is 9.04. The maximum atomic E-state index is 15.0. The van der Waals surface area contributed by atoms with E-state index in [1.807, 2.05) is 0 Å². The number of halogens is 3. The summed E-state index contributed by atoms with van der Waals surface area (Å²) in [6.07, 6.45) is 0. The molecule has 3 aromatic rings. The summed E-state index contributed by atoms with van der Waals surface area (Å²) in [5.74, 6) is -0.874. The van der Waals surface area contributed by atoms with Gasteiger partial charge >= 0.3 is 0 Å². The molecule has 3 aromatic carbocycles. The van der Waals surface area contributed by atoms with Gasteiger partial charge in [0.05, 0.1) is 20.3 Å². The molecule has 0 saturated carbocycles. The number of rotatable bonds is 7. The Bertz CT molecular complexity index is 1130. The molecule has 32 heavy (non-hydrogen) atoms. The molecule has 0 radical (unpaired) electrons. The van der Waals surface area contributed by atoms with Crippen LogP contribution in [0.1, 0.15) is 27.5 Å². The Morgan fingerprint density at radius 2 is 1.56 bits per heavy atom. The van der Waals surface area contributed by atoms with Crippen LogP contribution in [0.2, 0.25) is 5.02 Å². The normalized spacial score (nSPS) is 13.7. The van der Waals surface area contributed by atoms with Gasteiger partial charge in [0.2, 0.25) is 0 Å². The van der Waals surface area contributed by atoms with Gasteiger partial charge in [0.1, 0.15) is 35.5 Å². The Morgan fingerprint density at radius 1 is 0.938 bits per heavy atom. The van der Waals surface area contributed by atoms with Crippen LogP contribution in [-0.2, 0) is 6.54 Å². The van der Waals surface area contributed by atoms with Gasteiger partial charge in [-0.1, -0.05) is 17.7 Å². The van der Waals surface area contributed by atoms with E-state index in [0.29, 0.717) is 22.1 Å². The van der Waals surface area contributed by atoms with Crippen molar-refractivity contribution in [2.24, 2.45) is 0 Å². The number of fused-ring (bicyclic) bond motifs is 1. The van der Waals surface area contributed by atoms with E-state index in [-0.39, 0.29) is 30.4 Å². The summed E-state index contributed by atoms with van der Waals surface area (Å²) in [5.41, 5.74) is 0.857. The minimum absolute atomic E-state index is 0.0430. The minimum atomic E-state index is -1.03. The highest BCUT2D eigenvalue weighted by molar-refractivity contribution is 6.31. The highest BCUT2D eigenvalue weighted by Crippen LogP contribution is 2.36. The SMILES string of the molecule is COc1ccc(OCC(c2c(F)cc(OC)cc2F)N2Cc3ccc(Cl)cc3C2=O)cc1. The Balaban J connectivity index is 1.69. The Labute approximate surface area is 189 Å². The average Bonchev–Trinajstić information content (AvgIpc) is 3.11. The molecule has 0 spiro atoms. The second-order valence-electron chi connectivity index (χ2n) is 7.24. The van der Waals surface area contributed by atoms with Gasteiger partial charge in [-0.25, -0.2) is 8.78 Å². The molecule has 1 aliphatic heterocycles. The summed E-state index contributed by atoms with van der Waals surface area (Å²) in [5, 5.41) is 0.409. The lowest BCUT2D eigenvalue weighted by atomic mass is 10.0. The zero-order chi connectivity index (χ0) is 22.8. The Kier molecular flexibility index (Phi) is 6.19. The number of ether oxygens (including phenoxy) is 3. The molecule has 0 aromatic heterocycles. The second-order valence-corrected chi connectivity index (χ2v) is 7.68. The first kappa shape index (κ1) is 21.9. The van der Waals surface area contributed by atoms with E-state index in [1.54, 1.807) is 49.6 Å². The summed E-state index contributed by atoms with van der Waals surface area (Å²) in [6, 6.07) is 12.9. The van der Waals surface area contributed by atoms with E-state index in [9.17, 15) is 13.6 Å². The van der Waals surface area contributed by atoms with Crippen molar-refractivity contribution in [1.29, 1.82) is 0 Å². The van der Waals surface area contributed by atoms with Crippen LogP contribution in [-0.4, -0.2) is 31.6 Å². The standard InChI is InChI=1S/C24H20ClF2NO4/c1-30-16-5-7-17(8-6-16)32-13-22(23-20(26)10-18(31-2)11-21(23)27)28-12-14-3-4-15(25)9-19(14)24(28)29/h3-11,22H,12-13H2,1-2H3. The fourth-order valence-corrected chi connectivity index (χ4v) is 3.89. The predicted molar refractivity (Wildman–Crippen MR) is 115 cm³/mol. The minimum Gasteiger partial charge on any atom is -0.497 e. The van der Waals surface area contributed by atoms with E-state index in [2.05, 4.69) is 0 Å². The maximum Gasteiger partial charge on any atom is 0.255 e. The molecule has 0 saturated heterocycles. The first-order valence-electron chi connectivity index (χ1n) is 9.80. The maximum absolute atomic E-state index is 15.0. The summed E-state index contributed by atoms with van der Waals surface area (Å²) < 4.78 is 45.9. The number of methoxy groups -OCH3 is 2. The number of carbonyl (C=O) groups excluding carboxylic acids is 1. The lowest BCUT2D eigenvalue weighted by Gasteiger charge is -2.29.